The second kappa shape index (κ2) is 7.07. The molecule has 0 unspecified atom stereocenters. The van der Waals surface area contributed by atoms with Gasteiger partial charge in [0.1, 0.15) is 12.0 Å². The highest BCUT2D eigenvalue weighted by atomic mass is 16.6. The van der Waals surface area contributed by atoms with Crippen LogP contribution in [-0.2, 0) is 14.3 Å². The molecule has 0 aromatic carbocycles. The molecular weight excluding hydrogens is 396 g/mol. The molecule has 3 aliphatic heterocycles. The molecule has 5 fully saturated rings. The van der Waals surface area contributed by atoms with Gasteiger partial charge in [-0.25, -0.2) is 0 Å². The van der Waals surface area contributed by atoms with Gasteiger partial charge < -0.3 is 23.7 Å². The monoisotopic (exact) mass is 429 g/mol. The van der Waals surface area contributed by atoms with Gasteiger partial charge in [0.2, 0.25) is 0 Å². The van der Waals surface area contributed by atoms with Crippen LogP contribution in [-0.4, -0.2) is 67.8 Å². The van der Waals surface area contributed by atoms with E-state index in [0.717, 1.165) is 39.1 Å². The van der Waals surface area contributed by atoms with Crippen LogP contribution in [0.3, 0.4) is 0 Å². The summed E-state index contributed by atoms with van der Waals surface area (Å²) < 4.78 is 17.2. The van der Waals surface area contributed by atoms with Crippen molar-refractivity contribution in [1.29, 1.82) is 0 Å². The number of fused-ring (bicyclic) bond motifs is 3. The van der Waals surface area contributed by atoms with Gasteiger partial charge in [-0.05, 0) is 55.6 Å². The predicted molar refractivity (Wildman–Crippen MR) is 110 cm³/mol. The molecule has 5 aliphatic rings. The molecule has 0 radical (unpaired) electrons. The average molecular weight is 430 g/mol. The molecule has 1 aromatic rings. The summed E-state index contributed by atoms with van der Waals surface area (Å²) in [5, 5.41) is 0. The Morgan fingerprint density at radius 3 is 2.81 bits per heavy atom. The van der Waals surface area contributed by atoms with Gasteiger partial charge in [0.05, 0.1) is 51.2 Å². The smallest absolute Gasteiger partial charge is 0.315 e. The van der Waals surface area contributed by atoms with Gasteiger partial charge in [0.25, 0.3) is 5.91 Å². The lowest BCUT2D eigenvalue weighted by Gasteiger charge is -2.51. The maximum absolute atomic E-state index is 12.9. The number of ether oxygens (including phenoxy) is 2. The summed E-state index contributed by atoms with van der Waals surface area (Å²) >= 11 is 0. The molecule has 0 bridgehead atoms. The van der Waals surface area contributed by atoms with Crippen molar-refractivity contribution in [3.8, 4) is 0 Å². The van der Waals surface area contributed by atoms with Crippen LogP contribution in [0.4, 0.5) is 0 Å². The van der Waals surface area contributed by atoms with Crippen LogP contribution in [0.15, 0.2) is 22.8 Å². The molecule has 3 saturated heterocycles. The van der Waals surface area contributed by atoms with E-state index >= 15 is 0 Å². The first kappa shape index (κ1) is 19.8. The van der Waals surface area contributed by atoms with Crippen LogP contribution in [0.25, 0.3) is 0 Å². The highest BCUT2D eigenvalue weighted by Gasteiger charge is 2.65. The SMILES string of the molecule is C[C@]12CCC[C@]3(CO3)[C@@H]1C[C@@H]1[C@H](C[NH+]3CCN(C(=O)c4ccco4)CC3)C(=O)O[C@@H]1C2. The fraction of sp³-hybridized carbons (Fsp3) is 0.750. The van der Waals surface area contributed by atoms with Gasteiger partial charge in [0.15, 0.2) is 5.76 Å². The number of hydrogen-bond acceptors (Lipinski definition) is 5. The molecular formula is C24H33N2O5+. The van der Waals surface area contributed by atoms with Crippen molar-refractivity contribution >= 4 is 11.9 Å². The van der Waals surface area contributed by atoms with E-state index in [0.29, 0.717) is 30.7 Å². The van der Waals surface area contributed by atoms with Crippen LogP contribution in [0.5, 0.6) is 0 Å². The van der Waals surface area contributed by atoms with Gasteiger partial charge in [-0.2, -0.15) is 0 Å². The number of furan rings is 1. The summed E-state index contributed by atoms with van der Waals surface area (Å²) in [5.74, 6) is 1.23. The first-order chi connectivity index (χ1) is 15.0. The third-order valence-electron chi connectivity index (χ3n) is 9.08. The molecule has 31 heavy (non-hydrogen) atoms. The zero-order valence-corrected chi connectivity index (χ0v) is 18.3. The molecule has 4 heterocycles. The summed E-state index contributed by atoms with van der Waals surface area (Å²) in [7, 11) is 0. The summed E-state index contributed by atoms with van der Waals surface area (Å²) in [6.45, 7) is 7.24. The van der Waals surface area contributed by atoms with E-state index in [-0.39, 0.29) is 34.9 Å². The fourth-order valence-electron chi connectivity index (χ4n) is 7.29. The molecule has 1 amide bonds. The third kappa shape index (κ3) is 3.23. The largest absolute Gasteiger partial charge is 0.462 e. The predicted octanol–water partition coefficient (Wildman–Crippen LogP) is 1.15. The summed E-state index contributed by atoms with van der Waals surface area (Å²) in [6, 6.07) is 3.46. The Morgan fingerprint density at radius 1 is 1.29 bits per heavy atom. The van der Waals surface area contributed by atoms with Crippen molar-refractivity contribution in [2.24, 2.45) is 23.2 Å². The highest BCUT2D eigenvalue weighted by Crippen LogP contribution is 2.62. The Labute approximate surface area is 183 Å². The second-order valence-electron chi connectivity index (χ2n) is 10.8. The number of quaternary nitrogens is 1. The van der Waals surface area contributed by atoms with Crippen LogP contribution in [0.2, 0.25) is 0 Å². The summed E-state index contributed by atoms with van der Waals surface area (Å²) in [6.07, 6.45) is 7.31. The van der Waals surface area contributed by atoms with E-state index < -0.39 is 0 Å². The second-order valence-corrected chi connectivity index (χ2v) is 10.8. The number of nitrogens with zero attached hydrogens (tertiary/aromatic N) is 1. The number of carbonyl (C=O) groups excluding carboxylic acids is 2. The van der Waals surface area contributed by atoms with E-state index in [1.54, 1.807) is 12.1 Å². The fourth-order valence-corrected chi connectivity index (χ4v) is 7.29. The molecule has 168 valence electrons. The molecule has 7 nitrogen and oxygen atoms in total. The van der Waals surface area contributed by atoms with Crippen LogP contribution in [0, 0.1) is 23.2 Å². The van der Waals surface area contributed by atoms with E-state index in [4.69, 9.17) is 13.9 Å². The average Bonchev–Trinajstić information content (AvgIpc) is 3.19. The molecule has 1 N–H and O–H groups in total. The Kier molecular flexibility index (Phi) is 4.52. The minimum absolute atomic E-state index is 0.00426. The van der Waals surface area contributed by atoms with Crippen LogP contribution >= 0.6 is 0 Å². The molecule has 6 atom stereocenters. The van der Waals surface area contributed by atoms with Crippen molar-refractivity contribution in [3.63, 3.8) is 0 Å². The highest BCUT2D eigenvalue weighted by molar-refractivity contribution is 5.91. The summed E-state index contributed by atoms with van der Waals surface area (Å²) in [4.78, 5) is 28.7. The number of amides is 1. The standard InChI is InChI=1S/C24H32N2O5/c1-23-5-3-6-24(15-30-24)20(23)12-16-17(22(28)31-19(16)13-23)14-25-7-9-26(10-8-25)21(27)18-4-2-11-29-18/h2,4,11,16-17,19-20H,3,5-10,12-15H2,1H3/p+1/t16-,17+,19-,20-,23-,24+/m1/s1. The zero-order chi connectivity index (χ0) is 21.2. The number of epoxide rings is 1. The quantitative estimate of drug-likeness (QED) is 0.576. The van der Waals surface area contributed by atoms with Crippen molar-refractivity contribution in [3.05, 3.63) is 24.2 Å². The van der Waals surface area contributed by atoms with Crippen LogP contribution < -0.4 is 4.90 Å². The Balaban J connectivity index is 1.11. The van der Waals surface area contributed by atoms with Gasteiger partial charge in [0, 0.05) is 5.92 Å². The summed E-state index contributed by atoms with van der Waals surface area (Å²) in [5.41, 5.74) is 0.342. The zero-order valence-electron chi connectivity index (χ0n) is 18.3. The van der Waals surface area contributed by atoms with Gasteiger partial charge in [-0.1, -0.05) is 6.92 Å². The maximum Gasteiger partial charge on any atom is 0.315 e. The van der Waals surface area contributed by atoms with Gasteiger partial charge >= 0.3 is 5.97 Å². The van der Waals surface area contributed by atoms with E-state index in [9.17, 15) is 9.59 Å². The lowest BCUT2D eigenvalue weighted by molar-refractivity contribution is -0.906. The van der Waals surface area contributed by atoms with Crippen molar-refractivity contribution < 1.29 is 28.4 Å². The minimum Gasteiger partial charge on any atom is -0.462 e. The number of rotatable bonds is 3. The first-order valence-corrected chi connectivity index (χ1v) is 12.0. The number of nitrogens with one attached hydrogen (secondary N) is 1. The Morgan fingerprint density at radius 2 is 2.10 bits per heavy atom. The number of hydrogen-bond donors (Lipinski definition) is 1. The Hall–Kier alpha value is -1.86. The van der Waals surface area contributed by atoms with E-state index in [1.807, 2.05) is 4.90 Å². The minimum atomic E-state index is -0.0389. The Bertz CT molecular complexity index is 857. The maximum atomic E-state index is 12.9. The van der Waals surface area contributed by atoms with Crippen molar-refractivity contribution in [2.45, 2.75) is 50.7 Å². The molecule has 6 rings (SSSR count). The van der Waals surface area contributed by atoms with Crippen LogP contribution in [0.1, 0.15) is 49.6 Å². The normalized spacial score (nSPS) is 42.2. The number of esters is 1. The van der Waals surface area contributed by atoms with Gasteiger partial charge in [-0.15, -0.1) is 0 Å². The molecule has 2 saturated carbocycles. The number of carbonyl (C=O) groups is 2. The van der Waals surface area contributed by atoms with Crippen molar-refractivity contribution in [1.82, 2.24) is 4.90 Å². The lowest BCUT2D eigenvalue weighted by atomic mass is 9.53. The van der Waals surface area contributed by atoms with E-state index in [2.05, 4.69) is 6.92 Å². The van der Waals surface area contributed by atoms with E-state index in [1.165, 1.54) is 30.4 Å². The third-order valence-corrected chi connectivity index (χ3v) is 9.08. The number of piperazine rings is 1. The topological polar surface area (TPSA) is 76.7 Å². The lowest BCUT2D eigenvalue weighted by Crippen LogP contribution is -3.15. The molecule has 1 spiro atoms. The molecule has 2 aliphatic carbocycles. The molecule has 7 heteroatoms. The molecule has 1 aromatic heterocycles. The van der Waals surface area contributed by atoms with Crippen molar-refractivity contribution in [2.75, 3.05) is 39.3 Å². The first-order valence-electron chi connectivity index (χ1n) is 12.0. The van der Waals surface area contributed by atoms with Gasteiger partial charge in [-0.3, -0.25) is 9.59 Å².